The minimum atomic E-state index is -0.838. The average molecular weight is 443 g/mol. The highest BCUT2D eigenvalue weighted by Gasteiger charge is 2.12. The molecule has 4 rings (SSSR count). The first kappa shape index (κ1) is 17.8. The van der Waals surface area contributed by atoms with E-state index in [-0.39, 0.29) is 6.42 Å². The van der Waals surface area contributed by atoms with Crippen molar-refractivity contribution < 1.29 is 14.6 Å². The van der Waals surface area contributed by atoms with Crippen molar-refractivity contribution in [2.45, 2.75) is 13.0 Å². The summed E-state index contributed by atoms with van der Waals surface area (Å²) < 4.78 is 8.61. The first-order valence-corrected chi connectivity index (χ1v) is 9.85. The summed E-state index contributed by atoms with van der Waals surface area (Å²) in [7, 11) is 0. The summed E-state index contributed by atoms with van der Waals surface area (Å²) in [6.45, 7) is 0.505. The Morgan fingerprint density at radius 3 is 2.70 bits per heavy atom. The summed E-state index contributed by atoms with van der Waals surface area (Å²) in [6, 6.07) is 15.9. The monoisotopic (exact) mass is 442 g/mol. The summed E-state index contributed by atoms with van der Waals surface area (Å²) in [4.78, 5) is 17.0. The second-order valence-corrected chi connectivity index (χ2v) is 7.95. The van der Waals surface area contributed by atoms with Crippen LogP contribution in [0.3, 0.4) is 0 Å². The molecule has 0 bridgehead atoms. The Balaban J connectivity index is 1.52. The highest BCUT2D eigenvalue weighted by atomic mass is 79.9. The predicted molar refractivity (Wildman–Crippen MR) is 108 cm³/mol. The molecule has 0 radical (unpaired) electrons. The molecule has 1 N–H and O–H groups in total. The molecule has 0 spiro atoms. The largest absolute Gasteiger partial charge is 0.488 e. The maximum Gasteiger partial charge on any atom is 0.308 e. The molecule has 2 heterocycles. The van der Waals surface area contributed by atoms with Crippen molar-refractivity contribution in [1.82, 2.24) is 9.38 Å². The van der Waals surface area contributed by atoms with Crippen molar-refractivity contribution in [3.8, 4) is 17.0 Å². The molecule has 0 atom stereocenters. The lowest BCUT2D eigenvalue weighted by Gasteiger charge is -2.09. The molecule has 0 fully saturated rings. The number of carboxylic acids is 1. The molecule has 2 aromatic carbocycles. The van der Waals surface area contributed by atoms with Crippen LogP contribution in [0.25, 0.3) is 16.2 Å². The Hall–Kier alpha value is -2.64. The van der Waals surface area contributed by atoms with Gasteiger partial charge in [0.05, 0.1) is 16.6 Å². The molecule has 0 unspecified atom stereocenters. The summed E-state index contributed by atoms with van der Waals surface area (Å²) in [6.07, 6.45) is 3.74. The molecule has 2 aromatic heterocycles. The molecule has 27 heavy (non-hydrogen) atoms. The van der Waals surface area contributed by atoms with Gasteiger partial charge in [-0.25, -0.2) is 4.98 Å². The first-order chi connectivity index (χ1) is 13.1. The van der Waals surface area contributed by atoms with Crippen LogP contribution in [0.15, 0.2) is 65.4 Å². The Labute approximate surface area is 168 Å². The number of carbonyl (C=O) groups is 1. The van der Waals surface area contributed by atoms with Crippen LogP contribution in [0.5, 0.6) is 5.75 Å². The van der Waals surface area contributed by atoms with Crippen molar-refractivity contribution >= 4 is 38.2 Å². The van der Waals surface area contributed by atoms with Gasteiger partial charge in [-0.2, -0.15) is 0 Å². The number of nitrogens with zero attached hydrogens (tertiary/aromatic N) is 2. The zero-order valence-electron chi connectivity index (χ0n) is 14.1. The highest BCUT2D eigenvalue weighted by molar-refractivity contribution is 9.10. The van der Waals surface area contributed by atoms with E-state index in [1.165, 1.54) is 11.3 Å². The molecular weight excluding hydrogens is 428 g/mol. The molecular formula is C20H15BrN2O3S. The van der Waals surface area contributed by atoms with Gasteiger partial charge in [0.1, 0.15) is 12.4 Å². The molecule has 7 heteroatoms. The van der Waals surface area contributed by atoms with Gasteiger partial charge in [-0.3, -0.25) is 9.20 Å². The SMILES string of the molecule is O=C(O)Cc1cn2cc(-c3ccc(OCc4ccccc4)c(Br)c3)nc2s1. The number of aromatic nitrogens is 2. The molecule has 0 amide bonds. The van der Waals surface area contributed by atoms with E-state index in [4.69, 9.17) is 9.84 Å². The fourth-order valence-electron chi connectivity index (χ4n) is 2.73. The molecule has 136 valence electrons. The molecule has 0 aliphatic carbocycles. The van der Waals surface area contributed by atoms with E-state index in [9.17, 15) is 4.79 Å². The number of rotatable bonds is 6. The van der Waals surface area contributed by atoms with Crippen LogP contribution in [0.4, 0.5) is 0 Å². The van der Waals surface area contributed by atoms with Gasteiger partial charge in [0.25, 0.3) is 0 Å². The third-order valence-corrected chi connectivity index (χ3v) is 5.61. The van der Waals surface area contributed by atoms with Crippen LogP contribution in [-0.4, -0.2) is 20.5 Å². The number of benzene rings is 2. The van der Waals surface area contributed by atoms with E-state index in [0.717, 1.165) is 36.9 Å². The van der Waals surface area contributed by atoms with Gasteiger partial charge in [-0.15, -0.1) is 11.3 Å². The number of fused-ring (bicyclic) bond motifs is 1. The van der Waals surface area contributed by atoms with Gasteiger partial charge in [0.2, 0.25) is 0 Å². The first-order valence-electron chi connectivity index (χ1n) is 8.24. The highest BCUT2D eigenvalue weighted by Crippen LogP contribution is 2.32. The Morgan fingerprint density at radius 1 is 1.19 bits per heavy atom. The van der Waals surface area contributed by atoms with Crippen molar-refractivity contribution in [3.63, 3.8) is 0 Å². The minimum Gasteiger partial charge on any atom is -0.488 e. The zero-order chi connectivity index (χ0) is 18.8. The van der Waals surface area contributed by atoms with Crippen molar-refractivity contribution in [2.75, 3.05) is 0 Å². The number of imidazole rings is 1. The van der Waals surface area contributed by atoms with Gasteiger partial charge in [0.15, 0.2) is 4.96 Å². The van der Waals surface area contributed by atoms with Gasteiger partial charge >= 0.3 is 5.97 Å². The number of ether oxygens (including phenoxy) is 1. The average Bonchev–Trinajstić information content (AvgIpc) is 3.19. The standard InChI is InChI=1S/C20H15BrN2O3S/c21-16-8-14(6-7-18(16)26-12-13-4-2-1-3-5-13)17-11-23-10-15(9-19(24)25)27-20(23)22-17/h1-8,10-11H,9,12H2,(H,24,25). The molecule has 0 aliphatic rings. The van der Waals surface area contributed by atoms with E-state index >= 15 is 0 Å². The van der Waals surface area contributed by atoms with Crippen LogP contribution >= 0.6 is 27.3 Å². The number of hydrogen-bond donors (Lipinski definition) is 1. The Bertz CT molecular complexity index is 1070. The number of aliphatic carboxylic acids is 1. The maximum atomic E-state index is 10.8. The number of halogens is 1. The molecule has 4 aromatic rings. The van der Waals surface area contributed by atoms with Crippen molar-refractivity contribution in [3.05, 3.63) is 75.8 Å². The van der Waals surface area contributed by atoms with Crippen LogP contribution in [0.2, 0.25) is 0 Å². The van der Waals surface area contributed by atoms with Crippen LogP contribution in [-0.2, 0) is 17.8 Å². The molecule has 0 saturated carbocycles. The van der Waals surface area contributed by atoms with E-state index in [1.54, 1.807) is 0 Å². The quantitative estimate of drug-likeness (QED) is 0.454. The van der Waals surface area contributed by atoms with Crippen LogP contribution in [0, 0.1) is 0 Å². The lowest BCUT2D eigenvalue weighted by Crippen LogP contribution is -1.97. The summed E-state index contributed by atoms with van der Waals surface area (Å²) in [5.74, 6) is -0.0675. The van der Waals surface area contributed by atoms with Gasteiger partial charge in [0, 0.05) is 22.8 Å². The summed E-state index contributed by atoms with van der Waals surface area (Å²) in [5.41, 5.74) is 2.91. The third-order valence-electron chi connectivity index (χ3n) is 3.99. The van der Waals surface area contributed by atoms with E-state index in [1.807, 2.05) is 65.3 Å². The van der Waals surface area contributed by atoms with Crippen molar-refractivity contribution in [1.29, 1.82) is 0 Å². The second kappa shape index (κ2) is 7.54. The number of hydrogen-bond acceptors (Lipinski definition) is 4. The normalized spacial score (nSPS) is 11.0. The second-order valence-electron chi connectivity index (χ2n) is 6.00. The summed E-state index contributed by atoms with van der Waals surface area (Å²) >= 11 is 4.96. The van der Waals surface area contributed by atoms with E-state index in [0.29, 0.717) is 6.61 Å². The smallest absolute Gasteiger partial charge is 0.308 e. The topological polar surface area (TPSA) is 63.8 Å². The molecule has 0 saturated heterocycles. The lowest BCUT2D eigenvalue weighted by molar-refractivity contribution is -0.136. The van der Waals surface area contributed by atoms with E-state index < -0.39 is 5.97 Å². The summed E-state index contributed by atoms with van der Waals surface area (Å²) in [5, 5.41) is 8.90. The maximum absolute atomic E-state index is 10.8. The number of carboxylic acid groups (broad SMARTS) is 1. The predicted octanol–water partition coefficient (Wildman–Crippen LogP) is 5.03. The van der Waals surface area contributed by atoms with Gasteiger partial charge < -0.3 is 9.84 Å². The Morgan fingerprint density at radius 2 is 2.00 bits per heavy atom. The minimum absolute atomic E-state index is 0.0162. The Kier molecular flexibility index (Phi) is 4.96. The molecule has 0 aliphatic heterocycles. The van der Waals surface area contributed by atoms with Gasteiger partial charge in [-0.1, -0.05) is 30.3 Å². The fraction of sp³-hybridized carbons (Fsp3) is 0.100. The third kappa shape index (κ3) is 4.04. The number of thiazole rings is 1. The zero-order valence-corrected chi connectivity index (χ0v) is 16.5. The molecule has 5 nitrogen and oxygen atoms in total. The van der Waals surface area contributed by atoms with Gasteiger partial charge in [-0.05, 0) is 39.7 Å². The fourth-order valence-corrected chi connectivity index (χ4v) is 4.17. The van der Waals surface area contributed by atoms with Crippen molar-refractivity contribution in [2.24, 2.45) is 0 Å². The lowest BCUT2D eigenvalue weighted by atomic mass is 10.1. The van der Waals surface area contributed by atoms with Crippen LogP contribution < -0.4 is 4.74 Å². The van der Waals surface area contributed by atoms with Crippen LogP contribution in [0.1, 0.15) is 10.4 Å². The van der Waals surface area contributed by atoms with E-state index in [2.05, 4.69) is 20.9 Å².